The Morgan fingerprint density at radius 2 is 2.19 bits per heavy atom. The van der Waals surface area contributed by atoms with Gasteiger partial charge in [-0.25, -0.2) is 4.98 Å². The molecule has 0 bridgehead atoms. The fraction of sp³-hybridized carbons (Fsp3) is 0.357. The number of aromatic nitrogens is 3. The maximum absolute atomic E-state index is 12.1. The van der Waals surface area contributed by atoms with Crippen LogP contribution in [0.4, 0.5) is 0 Å². The molecule has 2 rings (SSSR count). The molecule has 0 saturated carbocycles. The maximum atomic E-state index is 12.1. The van der Waals surface area contributed by atoms with Crippen LogP contribution < -0.4 is 11.1 Å². The predicted octanol–water partition coefficient (Wildman–Crippen LogP) is 1.28. The van der Waals surface area contributed by atoms with Gasteiger partial charge in [-0.3, -0.25) is 15.2 Å². The van der Waals surface area contributed by atoms with Crippen LogP contribution in [-0.2, 0) is 10.3 Å². The van der Waals surface area contributed by atoms with Gasteiger partial charge >= 0.3 is 0 Å². The van der Waals surface area contributed by atoms with Crippen LogP contribution in [0.5, 0.6) is 0 Å². The van der Waals surface area contributed by atoms with Crippen LogP contribution in [0.25, 0.3) is 0 Å². The molecule has 0 saturated heterocycles. The standard InChI is InChI=1S/C14H19N5OS/c1-2-17-14(12(15)20,11-6-4-3-5-7-11)8-9-21-13-16-10-18-19-13/h3-7,10,17H,2,8-9H2,1H3,(H2,15,20)(H,16,18,19). The van der Waals surface area contributed by atoms with Gasteiger partial charge in [0.25, 0.3) is 0 Å². The lowest BCUT2D eigenvalue weighted by Crippen LogP contribution is -2.53. The van der Waals surface area contributed by atoms with E-state index in [1.807, 2.05) is 37.3 Å². The van der Waals surface area contributed by atoms with Crippen molar-refractivity contribution in [2.75, 3.05) is 12.3 Å². The zero-order valence-corrected chi connectivity index (χ0v) is 12.7. The summed E-state index contributed by atoms with van der Waals surface area (Å²) in [6.07, 6.45) is 2.04. The topological polar surface area (TPSA) is 96.7 Å². The van der Waals surface area contributed by atoms with E-state index in [2.05, 4.69) is 20.5 Å². The molecule has 112 valence electrons. The average Bonchev–Trinajstić information content (AvgIpc) is 3.00. The summed E-state index contributed by atoms with van der Waals surface area (Å²) in [4.78, 5) is 16.2. The minimum atomic E-state index is -0.858. The minimum absolute atomic E-state index is 0.367. The lowest BCUT2D eigenvalue weighted by Gasteiger charge is -2.32. The van der Waals surface area contributed by atoms with E-state index in [1.165, 1.54) is 18.1 Å². The quantitative estimate of drug-likeness (QED) is 0.638. The van der Waals surface area contributed by atoms with Gasteiger partial charge in [-0.15, -0.1) is 0 Å². The van der Waals surface area contributed by atoms with Crippen molar-refractivity contribution in [3.05, 3.63) is 42.2 Å². The molecular weight excluding hydrogens is 286 g/mol. The molecule has 1 atom stereocenters. The summed E-state index contributed by atoms with van der Waals surface area (Å²) in [5.41, 5.74) is 5.73. The molecule has 0 aliphatic carbocycles. The number of carbonyl (C=O) groups is 1. The first-order valence-electron chi connectivity index (χ1n) is 6.77. The molecule has 1 aromatic carbocycles. The Balaban J connectivity index is 2.16. The second kappa shape index (κ2) is 7.24. The van der Waals surface area contributed by atoms with Crippen molar-refractivity contribution < 1.29 is 4.79 Å². The molecule has 0 radical (unpaired) electrons. The molecule has 1 heterocycles. The molecule has 0 spiro atoms. The first-order valence-corrected chi connectivity index (χ1v) is 7.76. The summed E-state index contributed by atoms with van der Waals surface area (Å²) in [5.74, 6) is 0.328. The van der Waals surface area contributed by atoms with E-state index in [4.69, 9.17) is 5.73 Å². The summed E-state index contributed by atoms with van der Waals surface area (Å²) in [7, 11) is 0. The highest BCUT2D eigenvalue weighted by Crippen LogP contribution is 2.28. The van der Waals surface area contributed by atoms with Crippen LogP contribution in [0.2, 0.25) is 0 Å². The molecule has 0 fully saturated rings. The summed E-state index contributed by atoms with van der Waals surface area (Å²) in [6, 6.07) is 9.59. The van der Waals surface area contributed by atoms with Crippen LogP contribution in [-0.4, -0.2) is 33.4 Å². The number of aromatic amines is 1. The molecule has 1 amide bonds. The fourth-order valence-electron chi connectivity index (χ4n) is 2.28. The second-order valence-electron chi connectivity index (χ2n) is 4.56. The van der Waals surface area contributed by atoms with Crippen molar-refractivity contribution in [2.24, 2.45) is 5.73 Å². The summed E-state index contributed by atoms with van der Waals surface area (Å²) in [6.45, 7) is 2.62. The Labute approximate surface area is 127 Å². The number of benzene rings is 1. The first kappa shape index (κ1) is 15.5. The van der Waals surface area contributed by atoms with Crippen molar-refractivity contribution in [2.45, 2.75) is 24.0 Å². The number of hydrogen-bond acceptors (Lipinski definition) is 5. The molecular formula is C14H19N5OS. The normalized spacial score (nSPS) is 13.8. The van der Waals surface area contributed by atoms with Crippen molar-refractivity contribution in [1.82, 2.24) is 20.5 Å². The Morgan fingerprint density at radius 1 is 1.43 bits per heavy atom. The zero-order chi connectivity index (χ0) is 15.1. The third-order valence-corrected chi connectivity index (χ3v) is 4.15. The predicted molar refractivity (Wildman–Crippen MR) is 82.7 cm³/mol. The molecule has 1 aromatic heterocycles. The number of carbonyl (C=O) groups excluding carboxylic acids is 1. The Morgan fingerprint density at radius 3 is 2.76 bits per heavy atom. The summed E-state index contributed by atoms with van der Waals surface area (Å²) < 4.78 is 0. The number of nitrogens with one attached hydrogen (secondary N) is 2. The number of hydrogen-bond donors (Lipinski definition) is 3. The highest BCUT2D eigenvalue weighted by molar-refractivity contribution is 7.99. The van der Waals surface area contributed by atoms with Crippen LogP contribution in [0.1, 0.15) is 18.9 Å². The average molecular weight is 305 g/mol. The number of nitrogens with zero attached hydrogens (tertiary/aromatic N) is 2. The van der Waals surface area contributed by atoms with E-state index in [-0.39, 0.29) is 5.91 Å². The van der Waals surface area contributed by atoms with Gasteiger partial charge in [0.05, 0.1) is 0 Å². The highest BCUT2D eigenvalue weighted by Gasteiger charge is 2.37. The number of thioether (sulfide) groups is 1. The number of rotatable bonds is 8. The number of nitrogens with two attached hydrogens (primary N) is 1. The minimum Gasteiger partial charge on any atom is -0.368 e. The van der Waals surface area contributed by atoms with Gasteiger partial charge in [0.2, 0.25) is 5.91 Å². The van der Waals surface area contributed by atoms with E-state index in [0.29, 0.717) is 18.7 Å². The van der Waals surface area contributed by atoms with Gasteiger partial charge < -0.3 is 5.73 Å². The highest BCUT2D eigenvalue weighted by atomic mass is 32.2. The third kappa shape index (κ3) is 3.62. The van der Waals surface area contributed by atoms with E-state index < -0.39 is 5.54 Å². The maximum Gasteiger partial charge on any atom is 0.242 e. The fourth-order valence-corrected chi connectivity index (χ4v) is 3.12. The first-order chi connectivity index (χ1) is 10.2. The van der Waals surface area contributed by atoms with E-state index in [9.17, 15) is 4.79 Å². The molecule has 21 heavy (non-hydrogen) atoms. The number of H-pyrrole nitrogens is 1. The Kier molecular flexibility index (Phi) is 5.35. The summed E-state index contributed by atoms with van der Waals surface area (Å²) in [5, 5.41) is 10.6. The lowest BCUT2D eigenvalue weighted by atomic mass is 9.86. The molecule has 2 aromatic rings. The van der Waals surface area contributed by atoms with Crippen molar-refractivity contribution in [3.8, 4) is 0 Å². The van der Waals surface area contributed by atoms with Crippen molar-refractivity contribution >= 4 is 17.7 Å². The molecule has 1 unspecified atom stereocenters. The van der Waals surface area contributed by atoms with Crippen LogP contribution in [0, 0.1) is 0 Å². The lowest BCUT2D eigenvalue weighted by molar-refractivity contribution is -0.124. The number of amides is 1. The molecule has 6 nitrogen and oxygen atoms in total. The molecule has 4 N–H and O–H groups in total. The van der Waals surface area contributed by atoms with Gasteiger partial charge in [0.1, 0.15) is 11.9 Å². The van der Waals surface area contributed by atoms with Crippen LogP contribution in [0.3, 0.4) is 0 Å². The van der Waals surface area contributed by atoms with Crippen LogP contribution >= 0.6 is 11.8 Å². The van der Waals surface area contributed by atoms with E-state index >= 15 is 0 Å². The molecule has 0 aliphatic heterocycles. The number of likely N-dealkylation sites (N-methyl/N-ethyl adjacent to an activating group) is 1. The van der Waals surface area contributed by atoms with Crippen LogP contribution in [0.15, 0.2) is 41.8 Å². The van der Waals surface area contributed by atoms with Gasteiger partial charge in [0.15, 0.2) is 5.16 Å². The number of primary amides is 1. The Hall–Kier alpha value is -1.86. The van der Waals surface area contributed by atoms with Gasteiger partial charge in [-0.2, -0.15) is 5.10 Å². The van der Waals surface area contributed by atoms with Gasteiger partial charge in [0, 0.05) is 5.75 Å². The SMILES string of the molecule is CCNC(CCSc1ncn[nH]1)(C(N)=O)c1ccccc1. The van der Waals surface area contributed by atoms with Gasteiger partial charge in [-0.1, -0.05) is 49.0 Å². The van der Waals surface area contributed by atoms with Crippen molar-refractivity contribution in [1.29, 1.82) is 0 Å². The summed E-state index contributed by atoms with van der Waals surface area (Å²) >= 11 is 1.51. The van der Waals surface area contributed by atoms with E-state index in [1.54, 1.807) is 0 Å². The second-order valence-corrected chi connectivity index (χ2v) is 5.64. The largest absolute Gasteiger partial charge is 0.368 e. The van der Waals surface area contributed by atoms with E-state index in [0.717, 1.165) is 10.7 Å². The van der Waals surface area contributed by atoms with Crippen molar-refractivity contribution in [3.63, 3.8) is 0 Å². The Bertz CT molecular complexity index is 560. The zero-order valence-electron chi connectivity index (χ0n) is 11.9. The molecule has 0 aliphatic rings. The smallest absolute Gasteiger partial charge is 0.242 e. The van der Waals surface area contributed by atoms with Gasteiger partial charge in [-0.05, 0) is 18.5 Å². The monoisotopic (exact) mass is 305 g/mol. The molecule has 7 heteroatoms. The third-order valence-electron chi connectivity index (χ3n) is 3.27.